The predicted octanol–water partition coefficient (Wildman–Crippen LogP) is 6.67. The standard InChI is InChI=1S/C36H41N3O4/c1-35(2,3)43-33(40)23-32(34(41)37-39-31(25-42-36(39,4)5)22-26-12-8-6-9-13-26)29-20-21-38(24-29)30-18-16-28(17-19-30)27-14-10-7-11-15-27/h6-21,24,31-32H,22-23,25H2,1-5H3,(H,37,41). The van der Waals surface area contributed by atoms with E-state index in [1.54, 1.807) is 0 Å². The van der Waals surface area contributed by atoms with E-state index in [0.29, 0.717) is 6.61 Å². The van der Waals surface area contributed by atoms with Crippen LogP contribution in [0.1, 0.15) is 58.1 Å². The van der Waals surface area contributed by atoms with E-state index in [0.717, 1.165) is 34.4 Å². The SMILES string of the molecule is CC(C)(C)OC(=O)CC(C(=O)NN1C(Cc2ccccc2)COC1(C)C)c1ccn(-c2ccc(-c3ccccc3)cc2)c1. The summed E-state index contributed by atoms with van der Waals surface area (Å²) in [7, 11) is 0. The van der Waals surface area contributed by atoms with Crippen molar-refractivity contribution in [2.45, 2.75) is 70.7 Å². The molecule has 1 saturated heterocycles. The van der Waals surface area contributed by atoms with Crippen LogP contribution in [0.5, 0.6) is 0 Å². The quantitative estimate of drug-likeness (QED) is 0.224. The molecule has 1 fully saturated rings. The van der Waals surface area contributed by atoms with Crippen molar-refractivity contribution in [3.05, 3.63) is 115 Å². The van der Waals surface area contributed by atoms with Gasteiger partial charge in [-0.1, -0.05) is 72.8 Å². The summed E-state index contributed by atoms with van der Waals surface area (Å²) in [4.78, 5) is 27.0. The van der Waals surface area contributed by atoms with Gasteiger partial charge >= 0.3 is 5.97 Å². The zero-order valence-electron chi connectivity index (χ0n) is 25.6. The molecule has 1 aliphatic rings. The van der Waals surface area contributed by atoms with Crippen LogP contribution in [0.15, 0.2) is 103 Å². The maximum absolute atomic E-state index is 14.0. The van der Waals surface area contributed by atoms with E-state index in [9.17, 15) is 9.59 Å². The highest BCUT2D eigenvalue weighted by atomic mass is 16.6. The summed E-state index contributed by atoms with van der Waals surface area (Å²) in [5.41, 5.74) is 6.89. The monoisotopic (exact) mass is 579 g/mol. The Balaban J connectivity index is 1.38. The lowest BCUT2D eigenvalue weighted by Crippen LogP contribution is -2.56. The third-order valence-corrected chi connectivity index (χ3v) is 7.62. The van der Waals surface area contributed by atoms with Gasteiger partial charge in [0.05, 0.1) is 25.0 Å². The van der Waals surface area contributed by atoms with Crippen LogP contribution in [0.2, 0.25) is 0 Å². The fraction of sp³-hybridized carbons (Fsp3) is 0.333. The van der Waals surface area contributed by atoms with E-state index in [1.165, 1.54) is 0 Å². The van der Waals surface area contributed by atoms with Crippen LogP contribution in [-0.4, -0.2) is 45.4 Å². The lowest BCUT2D eigenvalue weighted by Gasteiger charge is -2.34. The zero-order chi connectivity index (χ0) is 30.6. The first-order chi connectivity index (χ1) is 20.5. The Morgan fingerprint density at radius 3 is 2.21 bits per heavy atom. The first kappa shape index (κ1) is 30.3. The van der Waals surface area contributed by atoms with Crippen LogP contribution < -0.4 is 5.43 Å². The second kappa shape index (κ2) is 12.6. The minimum Gasteiger partial charge on any atom is -0.460 e. The number of carbonyl (C=O) groups is 2. The van der Waals surface area contributed by atoms with Gasteiger partial charge in [-0.3, -0.25) is 15.0 Å². The maximum atomic E-state index is 14.0. The Bertz CT molecular complexity index is 1520. The van der Waals surface area contributed by atoms with Crippen molar-refractivity contribution in [2.24, 2.45) is 0 Å². The molecule has 0 aliphatic carbocycles. The van der Waals surface area contributed by atoms with Crippen molar-refractivity contribution >= 4 is 11.9 Å². The van der Waals surface area contributed by atoms with Gasteiger partial charge in [-0.15, -0.1) is 0 Å². The van der Waals surface area contributed by atoms with Gasteiger partial charge in [-0.25, -0.2) is 0 Å². The average Bonchev–Trinajstić information content (AvgIpc) is 3.57. The van der Waals surface area contributed by atoms with Gasteiger partial charge in [-0.05, 0) is 81.5 Å². The molecule has 7 heteroatoms. The van der Waals surface area contributed by atoms with Crippen molar-refractivity contribution < 1.29 is 19.1 Å². The lowest BCUT2D eigenvalue weighted by molar-refractivity contribution is -0.157. The van der Waals surface area contributed by atoms with Crippen LogP contribution in [-0.2, 0) is 25.5 Å². The molecule has 5 rings (SSSR count). The molecule has 0 spiro atoms. The molecular formula is C36H41N3O4. The number of aromatic nitrogens is 1. The Morgan fingerprint density at radius 2 is 1.56 bits per heavy atom. The molecule has 0 bridgehead atoms. The minimum atomic E-state index is -0.756. The molecule has 43 heavy (non-hydrogen) atoms. The number of hydrogen-bond donors (Lipinski definition) is 1. The maximum Gasteiger partial charge on any atom is 0.307 e. The molecule has 224 valence electrons. The van der Waals surface area contributed by atoms with Crippen molar-refractivity contribution in [1.29, 1.82) is 0 Å². The molecule has 0 radical (unpaired) electrons. The number of benzene rings is 3. The minimum absolute atomic E-state index is 0.0590. The number of hydrazine groups is 1. The normalized spacial score (nSPS) is 17.4. The van der Waals surface area contributed by atoms with Gasteiger partial charge in [0.15, 0.2) is 0 Å². The number of esters is 1. The zero-order valence-corrected chi connectivity index (χ0v) is 25.6. The van der Waals surface area contributed by atoms with Gasteiger partial charge in [0.1, 0.15) is 11.3 Å². The molecule has 2 unspecified atom stereocenters. The molecule has 2 atom stereocenters. The first-order valence-corrected chi connectivity index (χ1v) is 14.8. The fourth-order valence-corrected chi connectivity index (χ4v) is 5.49. The second-order valence-electron chi connectivity index (χ2n) is 12.6. The van der Waals surface area contributed by atoms with Crippen molar-refractivity contribution in [1.82, 2.24) is 15.0 Å². The summed E-state index contributed by atoms with van der Waals surface area (Å²) in [6.45, 7) is 9.84. The number of ether oxygens (including phenoxy) is 2. The number of rotatable bonds is 9. The molecule has 7 nitrogen and oxygen atoms in total. The summed E-state index contributed by atoms with van der Waals surface area (Å²) in [5, 5.41) is 1.89. The number of carbonyl (C=O) groups excluding carboxylic acids is 2. The topological polar surface area (TPSA) is 72.8 Å². The molecule has 2 heterocycles. The van der Waals surface area contributed by atoms with Crippen LogP contribution in [0.25, 0.3) is 16.8 Å². The summed E-state index contributed by atoms with van der Waals surface area (Å²) < 4.78 is 13.7. The molecule has 1 aromatic heterocycles. The summed E-state index contributed by atoms with van der Waals surface area (Å²) in [6, 6.07) is 30.5. The average molecular weight is 580 g/mol. The molecule has 1 N–H and O–H groups in total. The van der Waals surface area contributed by atoms with E-state index >= 15 is 0 Å². The predicted molar refractivity (Wildman–Crippen MR) is 168 cm³/mol. The molecule has 0 saturated carbocycles. The van der Waals surface area contributed by atoms with Gasteiger partial charge < -0.3 is 14.0 Å². The molecular weight excluding hydrogens is 538 g/mol. The molecule has 1 aliphatic heterocycles. The third-order valence-electron chi connectivity index (χ3n) is 7.62. The van der Waals surface area contributed by atoms with Gasteiger partial charge in [0.2, 0.25) is 5.91 Å². The number of nitrogens with one attached hydrogen (secondary N) is 1. The van der Waals surface area contributed by atoms with E-state index in [2.05, 4.69) is 41.8 Å². The highest BCUT2D eigenvalue weighted by molar-refractivity contribution is 5.88. The van der Waals surface area contributed by atoms with Crippen LogP contribution in [0.4, 0.5) is 0 Å². The Morgan fingerprint density at radius 1 is 0.930 bits per heavy atom. The fourth-order valence-electron chi connectivity index (χ4n) is 5.49. The van der Waals surface area contributed by atoms with Gasteiger partial charge in [-0.2, -0.15) is 5.01 Å². The second-order valence-corrected chi connectivity index (χ2v) is 12.6. The van der Waals surface area contributed by atoms with Gasteiger partial charge in [0, 0.05) is 18.1 Å². The van der Waals surface area contributed by atoms with Crippen LogP contribution in [0.3, 0.4) is 0 Å². The van der Waals surface area contributed by atoms with E-state index in [1.807, 2.05) is 111 Å². The van der Waals surface area contributed by atoms with Gasteiger partial charge in [0.25, 0.3) is 0 Å². The van der Waals surface area contributed by atoms with Crippen LogP contribution in [0, 0.1) is 0 Å². The first-order valence-electron chi connectivity index (χ1n) is 14.8. The third kappa shape index (κ3) is 7.61. The number of nitrogens with zero attached hydrogens (tertiary/aromatic N) is 2. The Kier molecular flexibility index (Phi) is 8.85. The smallest absolute Gasteiger partial charge is 0.307 e. The highest BCUT2D eigenvalue weighted by Gasteiger charge is 2.43. The summed E-state index contributed by atoms with van der Waals surface area (Å²) in [6.07, 6.45) is 4.47. The number of hydrogen-bond acceptors (Lipinski definition) is 5. The van der Waals surface area contributed by atoms with Crippen LogP contribution >= 0.6 is 0 Å². The van der Waals surface area contributed by atoms with E-state index in [-0.39, 0.29) is 18.4 Å². The number of amides is 1. The molecule has 3 aromatic carbocycles. The highest BCUT2D eigenvalue weighted by Crippen LogP contribution is 2.30. The van der Waals surface area contributed by atoms with Crippen molar-refractivity contribution in [3.8, 4) is 16.8 Å². The Labute approximate surface area is 254 Å². The Hall–Kier alpha value is -4.20. The van der Waals surface area contributed by atoms with E-state index in [4.69, 9.17) is 9.47 Å². The van der Waals surface area contributed by atoms with Crippen molar-refractivity contribution in [2.75, 3.05) is 6.61 Å². The summed E-state index contributed by atoms with van der Waals surface area (Å²) >= 11 is 0. The summed E-state index contributed by atoms with van der Waals surface area (Å²) in [5.74, 6) is -1.46. The largest absolute Gasteiger partial charge is 0.460 e. The van der Waals surface area contributed by atoms with E-state index < -0.39 is 23.2 Å². The van der Waals surface area contributed by atoms with Crippen molar-refractivity contribution in [3.63, 3.8) is 0 Å². The molecule has 4 aromatic rings. The lowest BCUT2D eigenvalue weighted by atomic mass is 9.97. The molecule has 1 amide bonds.